The van der Waals surface area contributed by atoms with Crippen LogP contribution in [-0.2, 0) is 4.79 Å². The topological polar surface area (TPSA) is 52.7 Å². The molecular formula is C20H24FN3O2. The Hall–Kier alpha value is -2.55. The van der Waals surface area contributed by atoms with Crippen LogP contribution in [-0.4, -0.2) is 54.5 Å². The Morgan fingerprint density at radius 2 is 1.81 bits per heavy atom. The third-order valence-electron chi connectivity index (χ3n) is 4.92. The van der Waals surface area contributed by atoms with Crippen LogP contribution in [0.3, 0.4) is 0 Å². The van der Waals surface area contributed by atoms with Gasteiger partial charge in [-0.3, -0.25) is 4.79 Å². The number of nitrogens with one attached hydrogen (secondary N) is 1. The van der Waals surface area contributed by atoms with E-state index in [2.05, 4.69) is 17.2 Å². The molecule has 2 aliphatic heterocycles. The number of likely N-dealkylation sites (tertiary alicyclic amines) is 2. The zero-order chi connectivity index (χ0) is 18.4. The fourth-order valence-corrected chi connectivity index (χ4v) is 3.43. The fourth-order valence-electron chi connectivity index (χ4n) is 3.43. The molecule has 3 rings (SSSR count). The number of carbonyl (C=O) groups is 2. The number of hydrogen-bond donors (Lipinski definition) is 1. The van der Waals surface area contributed by atoms with E-state index in [1.165, 1.54) is 12.1 Å². The van der Waals surface area contributed by atoms with Gasteiger partial charge >= 0.3 is 6.03 Å². The summed E-state index contributed by atoms with van der Waals surface area (Å²) in [7, 11) is 0. The zero-order valence-corrected chi connectivity index (χ0v) is 14.8. The summed E-state index contributed by atoms with van der Waals surface area (Å²) in [5.41, 5.74) is 0.591. The van der Waals surface area contributed by atoms with Gasteiger partial charge in [0.2, 0.25) is 5.91 Å². The number of rotatable bonds is 2. The van der Waals surface area contributed by atoms with Gasteiger partial charge in [-0.1, -0.05) is 17.9 Å². The van der Waals surface area contributed by atoms with Crippen molar-refractivity contribution in [2.24, 2.45) is 5.92 Å². The third kappa shape index (κ3) is 4.75. The summed E-state index contributed by atoms with van der Waals surface area (Å²) in [6.45, 7) is 3.19. The van der Waals surface area contributed by atoms with E-state index in [-0.39, 0.29) is 30.2 Å². The van der Waals surface area contributed by atoms with Crippen LogP contribution in [0.2, 0.25) is 0 Å². The number of halogens is 1. The monoisotopic (exact) mass is 357 g/mol. The molecule has 0 atom stereocenters. The molecule has 2 fully saturated rings. The first-order valence-electron chi connectivity index (χ1n) is 9.19. The maximum Gasteiger partial charge on any atom is 0.319 e. The summed E-state index contributed by atoms with van der Waals surface area (Å²) in [5.74, 6) is 5.26. The quantitative estimate of drug-likeness (QED) is 0.825. The van der Waals surface area contributed by atoms with Crippen molar-refractivity contribution in [3.8, 4) is 11.8 Å². The van der Waals surface area contributed by atoms with Crippen molar-refractivity contribution in [1.29, 1.82) is 0 Å². The first kappa shape index (κ1) is 18.2. The molecule has 2 heterocycles. The van der Waals surface area contributed by atoms with Gasteiger partial charge in [-0.25, -0.2) is 9.18 Å². The molecule has 0 radical (unpaired) electrons. The van der Waals surface area contributed by atoms with Crippen molar-refractivity contribution < 1.29 is 14.0 Å². The molecule has 138 valence electrons. The molecule has 6 heteroatoms. The molecule has 0 bridgehead atoms. The van der Waals surface area contributed by atoms with Crippen LogP contribution < -0.4 is 5.32 Å². The fraction of sp³-hybridized carbons (Fsp3) is 0.500. The highest BCUT2D eigenvalue weighted by Crippen LogP contribution is 2.20. The van der Waals surface area contributed by atoms with Gasteiger partial charge in [0, 0.05) is 37.7 Å². The van der Waals surface area contributed by atoms with Crippen LogP contribution in [0.5, 0.6) is 0 Å². The van der Waals surface area contributed by atoms with Crippen molar-refractivity contribution >= 4 is 11.9 Å². The summed E-state index contributed by atoms with van der Waals surface area (Å²) in [4.78, 5) is 28.4. The highest BCUT2D eigenvalue weighted by atomic mass is 19.1. The average molecular weight is 357 g/mol. The Balaban J connectivity index is 1.40. The summed E-state index contributed by atoms with van der Waals surface area (Å²) in [5, 5.41) is 2.82. The number of urea groups is 1. The van der Waals surface area contributed by atoms with Crippen LogP contribution in [0, 0.1) is 23.6 Å². The minimum absolute atomic E-state index is 0.0215. The second-order valence-corrected chi connectivity index (χ2v) is 6.77. The van der Waals surface area contributed by atoms with Gasteiger partial charge in [-0.05, 0) is 43.9 Å². The van der Waals surface area contributed by atoms with Crippen LogP contribution in [0.1, 0.15) is 31.2 Å². The largest absolute Gasteiger partial charge is 0.345 e. The number of carbonyl (C=O) groups excluding carboxylic acids is 2. The Labute approximate surface area is 153 Å². The lowest BCUT2D eigenvalue weighted by Crippen LogP contribution is -2.47. The molecule has 0 saturated carbocycles. The summed E-state index contributed by atoms with van der Waals surface area (Å²) in [6, 6.07) is 6.18. The van der Waals surface area contributed by atoms with Crippen molar-refractivity contribution in [1.82, 2.24) is 15.1 Å². The molecule has 1 aromatic carbocycles. The average Bonchev–Trinajstić information content (AvgIpc) is 3.19. The van der Waals surface area contributed by atoms with Crippen molar-refractivity contribution in [3.63, 3.8) is 0 Å². The van der Waals surface area contributed by atoms with Crippen molar-refractivity contribution in [2.75, 3.05) is 32.7 Å². The van der Waals surface area contributed by atoms with Gasteiger partial charge < -0.3 is 15.1 Å². The normalized spacial score (nSPS) is 17.6. The van der Waals surface area contributed by atoms with Gasteiger partial charge in [0.25, 0.3) is 0 Å². The molecule has 1 N–H and O–H groups in total. The molecular weight excluding hydrogens is 333 g/mol. The van der Waals surface area contributed by atoms with Crippen LogP contribution in [0.4, 0.5) is 9.18 Å². The third-order valence-corrected chi connectivity index (χ3v) is 4.92. The van der Waals surface area contributed by atoms with Gasteiger partial charge in [0.1, 0.15) is 5.82 Å². The van der Waals surface area contributed by atoms with Gasteiger partial charge in [0.05, 0.1) is 6.54 Å². The number of hydrogen-bond acceptors (Lipinski definition) is 2. The SMILES string of the molecule is O=C(NCC#Cc1cccc(F)c1)C1CCN(C(=O)N2CCCC2)CC1. The summed E-state index contributed by atoms with van der Waals surface area (Å²) < 4.78 is 13.1. The second-order valence-electron chi connectivity index (χ2n) is 6.77. The molecule has 5 nitrogen and oxygen atoms in total. The molecule has 2 aliphatic rings. The molecule has 0 spiro atoms. The number of amides is 3. The lowest BCUT2D eigenvalue weighted by Gasteiger charge is -2.33. The zero-order valence-electron chi connectivity index (χ0n) is 14.8. The molecule has 0 aliphatic carbocycles. The minimum atomic E-state index is -0.323. The predicted molar refractivity (Wildman–Crippen MR) is 96.8 cm³/mol. The van der Waals surface area contributed by atoms with Crippen molar-refractivity contribution in [3.05, 3.63) is 35.6 Å². The van der Waals surface area contributed by atoms with E-state index in [4.69, 9.17) is 0 Å². The number of piperidine rings is 1. The second kappa shape index (κ2) is 8.70. The standard InChI is InChI=1S/C20H24FN3O2/c21-18-7-3-5-16(15-18)6-4-10-22-19(25)17-8-13-24(14-9-17)20(26)23-11-1-2-12-23/h3,5,7,15,17H,1-2,8-14H2,(H,22,25). The molecule has 1 aromatic rings. The molecule has 26 heavy (non-hydrogen) atoms. The van der Waals surface area contributed by atoms with E-state index in [0.29, 0.717) is 31.5 Å². The van der Waals surface area contributed by atoms with Gasteiger partial charge in [0.15, 0.2) is 0 Å². The lowest BCUT2D eigenvalue weighted by molar-refractivity contribution is -0.126. The van der Waals surface area contributed by atoms with E-state index in [9.17, 15) is 14.0 Å². The highest BCUT2D eigenvalue weighted by Gasteiger charge is 2.30. The van der Waals surface area contributed by atoms with E-state index in [1.54, 1.807) is 12.1 Å². The summed E-state index contributed by atoms with van der Waals surface area (Å²) >= 11 is 0. The first-order chi connectivity index (χ1) is 12.6. The maximum atomic E-state index is 13.1. The Bertz CT molecular complexity index is 711. The van der Waals surface area contributed by atoms with Crippen LogP contribution >= 0.6 is 0 Å². The van der Waals surface area contributed by atoms with E-state index < -0.39 is 0 Å². The van der Waals surface area contributed by atoms with Gasteiger partial charge in [-0.2, -0.15) is 0 Å². The first-order valence-corrected chi connectivity index (χ1v) is 9.19. The van der Waals surface area contributed by atoms with Crippen LogP contribution in [0.15, 0.2) is 24.3 Å². The number of nitrogens with zero attached hydrogens (tertiary/aromatic N) is 2. The minimum Gasteiger partial charge on any atom is -0.345 e. The Kier molecular flexibility index (Phi) is 6.11. The predicted octanol–water partition coefficient (Wildman–Crippen LogP) is 2.22. The van der Waals surface area contributed by atoms with E-state index in [0.717, 1.165) is 25.9 Å². The maximum absolute atomic E-state index is 13.1. The molecule has 0 aromatic heterocycles. The lowest BCUT2D eigenvalue weighted by atomic mass is 9.96. The van der Waals surface area contributed by atoms with E-state index >= 15 is 0 Å². The molecule has 3 amide bonds. The smallest absolute Gasteiger partial charge is 0.319 e. The Morgan fingerprint density at radius 1 is 1.12 bits per heavy atom. The van der Waals surface area contributed by atoms with Gasteiger partial charge in [-0.15, -0.1) is 0 Å². The van der Waals surface area contributed by atoms with Crippen molar-refractivity contribution in [2.45, 2.75) is 25.7 Å². The molecule has 0 unspecified atom stereocenters. The van der Waals surface area contributed by atoms with E-state index in [1.807, 2.05) is 9.80 Å². The summed E-state index contributed by atoms with van der Waals surface area (Å²) in [6.07, 6.45) is 3.54. The Morgan fingerprint density at radius 3 is 2.50 bits per heavy atom. The highest BCUT2D eigenvalue weighted by molar-refractivity contribution is 5.80. The molecule has 2 saturated heterocycles. The number of benzene rings is 1. The van der Waals surface area contributed by atoms with Crippen LogP contribution in [0.25, 0.3) is 0 Å².